The van der Waals surface area contributed by atoms with E-state index in [1.165, 1.54) is 12.3 Å². The molecule has 0 saturated carbocycles. The second-order valence-electron chi connectivity index (χ2n) is 12.4. The van der Waals surface area contributed by atoms with E-state index in [0.717, 1.165) is 71.6 Å². The fraction of sp³-hybridized carbons (Fsp3) is 0.641. The lowest BCUT2D eigenvalue weighted by Gasteiger charge is -2.35. The Morgan fingerprint density at radius 2 is 0.961 bits per heavy atom. The molecule has 0 unspecified atom stereocenters. The summed E-state index contributed by atoms with van der Waals surface area (Å²) < 4.78 is 0. The lowest BCUT2D eigenvalue weighted by Crippen LogP contribution is -2.47. The van der Waals surface area contributed by atoms with Crippen LogP contribution in [0.25, 0.3) is 0 Å². The summed E-state index contributed by atoms with van der Waals surface area (Å²) in [6, 6.07) is 0. The molecular weight excluding hydrogens is 644 g/mol. The van der Waals surface area contributed by atoms with Crippen molar-refractivity contribution in [3.63, 3.8) is 0 Å². The average molecular weight is 705 g/mol. The maximum atomic E-state index is 12.3. The van der Waals surface area contributed by atoms with Gasteiger partial charge in [-0.25, -0.2) is 0 Å². The number of allylic oxidation sites excluding steroid dienone is 1. The van der Waals surface area contributed by atoms with Crippen molar-refractivity contribution < 1.29 is 19.2 Å². The molecule has 1 aliphatic heterocycles. The van der Waals surface area contributed by atoms with Crippen molar-refractivity contribution in [2.45, 2.75) is 64.2 Å². The highest BCUT2D eigenvalue weighted by molar-refractivity contribution is 5.77. The highest BCUT2D eigenvalue weighted by Crippen LogP contribution is 2.07. The largest absolute Gasteiger partial charge is 0.356 e. The fourth-order valence-electron chi connectivity index (χ4n) is 5.47. The summed E-state index contributed by atoms with van der Waals surface area (Å²) in [5, 5.41) is 11.3. The van der Waals surface area contributed by atoms with E-state index in [1.807, 2.05) is 0 Å². The first-order valence-electron chi connectivity index (χ1n) is 18.2. The molecule has 0 radical (unpaired) electrons. The first-order chi connectivity index (χ1) is 24.8. The zero-order valence-electron chi connectivity index (χ0n) is 30.6. The predicted octanol–water partition coefficient (Wildman–Crippen LogP) is 0.620. The van der Waals surface area contributed by atoms with E-state index in [-0.39, 0.29) is 23.6 Å². The quantitative estimate of drug-likeness (QED) is 0.0690. The number of hydrogen-bond acceptors (Lipinski definition) is 8. The minimum absolute atomic E-state index is 0.0131. The van der Waals surface area contributed by atoms with Crippen LogP contribution in [0.5, 0.6) is 0 Å². The van der Waals surface area contributed by atoms with Gasteiger partial charge in [-0.1, -0.05) is 5.92 Å². The van der Waals surface area contributed by atoms with Crippen LogP contribution in [0.1, 0.15) is 64.2 Å². The Kier molecular flexibility index (Phi) is 26.8. The zero-order valence-corrected chi connectivity index (χ0v) is 30.6. The van der Waals surface area contributed by atoms with Gasteiger partial charge in [0.15, 0.2) is 0 Å². The first-order valence-corrected chi connectivity index (χ1v) is 18.2. The van der Waals surface area contributed by atoms with Crippen LogP contribution in [0.3, 0.4) is 0 Å². The number of terminal acetylenes is 4. The molecule has 0 bridgehead atoms. The number of carbonyl (C=O) groups is 4. The molecule has 0 spiro atoms. The van der Waals surface area contributed by atoms with Crippen LogP contribution in [0.2, 0.25) is 0 Å². The molecule has 1 aliphatic rings. The molecule has 0 aromatic rings. The molecule has 1 saturated heterocycles. The Hall–Kier alpha value is -4.30. The number of piperazine rings is 1. The second kappa shape index (κ2) is 30.5. The lowest BCUT2D eigenvalue weighted by atomic mass is 10.2. The van der Waals surface area contributed by atoms with Crippen molar-refractivity contribution in [2.24, 2.45) is 0 Å². The summed E-state index contributed by atoms with van der Waals surface area (Å²) in [6.45, 7) is 11.2. The normalized spacial score (nSPS) is 13.2. The van der Waals surface area contributed by atoms with Crippen LogP contribution in [-0.2, 0) is 19.2 Å². The number of carbonyl (C=O) groups excluding carboxylic acids is 4. The maximum Gasteiger partial charge on any atom is 0.225 e. The SMILES string of the molecule is C#C/C=C/NC(=O)CCN(CCCN1CCN(CCCN(CCC(=O)NCCC#C)CCC(=O)NCCC#C)CC1)CCC(=O)NCCCC#C. The van der Waals surface area contributed by atoms with Crippen LogP contribution < -0.4 is 21.3 Å². The molecular formula is C39H60N8O4. The number of rotatable bonds is 28. The molecule has 12 nitrogen and oxygen atoms in total. The van der Waals surface area contributed by atoms with E-state index >= 15 is 0 Å². The van der Waals surface area contributed by atoms with Gasteiger partial charge in [0.1, 0.15) is 0 Å². The molecule has 0 atom stereocenters. The molecule has 0 aromatic carbocycles. The lowest BCUT2D eigenvalue weighted by molar-refractivity contribution is -0.122. The Labute approximate surface area is 307 Å². The van der Waals surface area contributed by atoms with Gasteiger partial charge in [-0.15, -0.1) is 43.5 Å². The van der Waals surface area contributed by atoms with Crippen molar-refractivity contribution in [1.82, 2.24) is 40.9 Å². The van der Waals surface area contributed by atoms with Crippen molar-refractivity contribution in [3.05, 3.63) is 12.3 Å². The van der Waals surface area contributed by atoms with Crippen molar-refractivity contribution >= 4 is 23.6 Å². The van der Waals surface area contributed by atoms with Gasteiger partial charge in [-0.05, 0) is 45.4 Å². The van der Waals surface area contributed by atoms with Crippen molar-refractivity contribution in [1.29, 1.82) is 0 Å². The molecule has 4 amide bonds. The number of hydrogen-bond donors (Lipinski definition) is 4. The topological polar surface area (TPSA) is 129 Å². The van der Waals surface area contributed by atoms with Gasteiger partial charge >= 0.3 is 0 Å². The van der Waals surface area contributed by atoms with E-state index in [9.17, 15) is 19.2 Å². The van der Waals surface area contributed by atoms with Crippen LogP contribution in [0.15, 0.2) is 12.3 Å². The van der Waals surface area contributed by atoms with Gasteiger partial charge in [0.05, 0.1) is 0 Å². The van der Waals surface area contributed by atoms with Gasteiger partial charge in [0.25, 0.3) is 0 Å². The van der Waals surface area contributed by atoms with Gasteiger partial charge < -0.3 is 40.9 Å². The summed E-state index contributed by atoms with van der Waals surface area (Å²) in [4.78, 5) is 58.4. The first kappa shape index (κ1) is 44.7. The molecule has 280 valence electrons. The smallest absolute Gasteiger partial charge is 0.225 e. The van der Waals surface area contributed by atoms with E-state index in [0.29, 0.717) is 90.8 Å². The molecule has 1 heterocycles. The third-order valence-corrected chi connectivity index (χ3v) is 8.41. The fourth-order valence-corrected chi connectivity index (χ4v) is 5.47. The third kappa shape index (κ3) is 25.3. The third-order valence-electron chi connectivity index (χ3n) is 8.41. The van der Waals surface area contributed by atoms with Gasteiger partial charge in [0, 0.05) is 129 Å². The summed E-state index contributed by atoms with van der Waals surface area (Å²) in [6.07, 6.45) is 29.6. The van der Waals surface area contributed by atoms with Gasteiger partial charge in [0.2, 0.25) is 23.6 Å². The predicted molar refractivity (Wildman–Crippen MR) is 204 cm³/mol. The van der Waals surface area contributed by atoms with Crippen molar-refractivity contribution in [3.8, 4) is 49.4 Å². The van der Waals surface area contributed by atoms with E-state index in [2.05, 4.69) is 64.5 Å². The zero-order chi connectivity index (χ0) is 37.4. The van der Waals surface area contributed by atoms with Crippen LogP contribution in [-0.4, -0.2) is 141 Å². The minimum atomic E-state index is -0.118. The highest BCUT2D eigenvalue weighted by Gasteiger charge is 2.18. The van der Waals surface area contributed by atoms with Gasteiger partial charge in [-0.3, -0.25) is 19.2 Å². The summed E-state index contributed by atoms with van der Waals surface area (Å²) >= 11 is 0. The van der Waals surface area contributed by atoms with Crippen molar-refractivity contribution in [2.75, 3.05) is 98.2 Å². The van der Waals surface area contributed by atoms with Gasteiger partial charge in [-0.2, -0.15) is 0 Å². The molecule has 51 heavy (non-hydrogen) atoms. The minimum Gasteiger partial charge on any atom is -0.356 e. The summed E-state index contributed by atoms with van der Waals surface area (Å²) in [7, 11) is 0. The Balaban J connectivity index is 2.49. The maximum absolute atomic E-state index is 12.3. The van der Waals surface area contributed by atoms with Crippen LogP contribution >= 0.6 is 0 Å². The highest BCUT2D eigenvalue weighted by atomic mass is 16.2. The number of amides is 4. The van der Waals surface area contributed by atoms with E-state index in [4.69, 9.17) is 25.7 Å². The Morgan fingerprint density at radius 3 is 1.37 bits per heavy atom. The number of nitrogens with zero attached hydrogens (tertiary/aromatic N) is 4. The van der Waals surface area contributed by atoms with Crippen LogP contribution in [0.4, 0.5) is 0 Å². The molecule has 1 fully saturated rings. The Bertz CT molecular complexity index is 1180. The molecule has 0 aromatic heterocycles. The second-order valence-corrected chi connectivity index (χ2v) is 12.4. The summed E-state index contributed by atoms with van der Waals surface area (Å²) in [5.74, 6) is 9.76. The number of unbranched alkanes of at least 4 members (excludes halogenated alkanes) is 1. The molecule has 0 aliphatic carbocycles. The monoisotopic (exact) mass is 704 g/mol. The standard InChI is InChI=1S/C39H60N8O4/c1-5-9-13-23-43-39(51)19-31-45(30-18-38(50)42-22-12-8-4)25-15-27-47-34-32-46(33-35-47)26-14-24-44(28-16-36(48)40-20-10-6-2)29-17-37(49)41-21-11-7-3/h1-4,12,22H,9-11,13-21,23-35H2,(H,40,48)(H,41,49)(H,42,50)(H,43,51)/b22-12+. The number of nitrogens with one attached hydrogen (secondary N) is 4. The molecule has 1 rings (SSSR count). The van der Waals surface area contributed by atoms with E-state index < -0.39 is 0 Å². The summed E-state index contributed by atoms with van der Waals surface area (Å²) in [5.41, 5.74) is 0. The average Bonchev–Trinajstić information content (AvgIpc) is 3.12. The molecule has 12 heteroatoms. The van der Waals surface area contributed by atoms with E-state index in [1.54, 1.807) is 0 Å². The molecule has 4 N–H and O–H groups in total. The Morgan fingerprint density at radius 1 is 0.549 bits per heavy atom. The van der Waals surface area contributed by atoms with Crippen LogP contribution in [0, 0.1) is 49.4 Å².